The molecule has 1 aliphatic heterocycles. The fourth-order valence-electron chi connectivity index (χ4n) is 2.05. The van der Waals surface area contributed by atoms with E-state index in [1.807, 2.05) is 31.2 Å². The van der Waals surface area contributed by atoms with Gasteiger partial charge in [0.15, 0.2) is 5.79 Å². The Hall–Kier alpha value is -1.59. The van der Waals surface area contributed by atoms with E-state index in [0.717, 1.165) is 11.3 Å². The van der Waals surface area contributed by atoms with Gasteiger partial charge < -0.3 is 18.9 Å². The van der Waals surface area contributed by atoms with Gasteiger partial charge in [-0.1, -0.05) is 0 Å². The lowest BCUT2D eigenvalue weighted by molar-refractivity contribution is -0.166. The van der Waals surface area contributed by atoms with E-state index in [-0.39, 0.29) is 18.5 Å². The normalized spacial score (nSPS) is 26.2. The van der Waals surface area contributed by atoms with Gasteiger partial charge in [0.25, 0.3) is 0 Å². The molecule has 0 saturated carbocycles. The van der Waals surface area contributed by atoms with E-state index in [2.05, 4.69) is 4.74 Å². The van der Waals surface area contributed by atoms with Crippen molar-refractivity contribution in [3.8, 4) is 5.75 Å². The van der Waals surface area contributed by atoms with E-state index < -0.39 is 5.79 Å². The van der Waals surface area contributed by atoms with Crippen LogP contribution in [0.2, 0.25) is 0 Å². The Bertz CT molecular complexity index is 442. The van der Waals surface area contributed by atoms with Crippen molar-refractivity contribution in [2.45, 2.75) is 25.2 Å². The second-order valence-corrected chi connectivity index (χ2v) is 4.51. The van der Waals surface area contributed by atoms with Gasteiger partial charge in [0, 0.05) is 5.56 Å². The molecule has 1 aromatic rings. The number of rotatable bonds is 4. The summed E-state index contributed by atoms with van der Waals surface area (Å²) in [5, 5.41) is 0. The van der Waals surface area contributed by atoms with Gasteiger partial charge in [-0.25, -0.2) is 0 Å². The summed E-state index contributed by atoms with van der Waals surface area (Å²) in [7, 11) is 2.98. The highest BCUT2D eigenvalue weighted by molar-refractivity contribution is 5.69. The number of ether oxygens (including phenoxy) is 4. The summed E-state index contributed by atoms with van der Waals surface area (Å²) in [4.78, 5) is 11.2. The molecule has 0 N–H and O–H groups in total. The average Bonchev–Trinajstić information content (AvgIpc) is 2.81. The van der Waals surface area contributed by atoms with Crippen LogP contribution >= 0.6 is 0 Å². The lowest BCUT2D eigenvalue weighted by Gasteiger charge is -2.23. The van der Waals surface area contributed by atoms with Crippen molar-refractivity contribution in [2.24, 2.45) is 0 Å². The summed E-state index contributed by atoms with van der Waals surface area (Å²) < 4.78 is 21.2. The second-order valence-electron chi connectivity index (χ2n) is 4.51. The highest BCUT2D eigenvalue weighted by Crippen LogP contribution is 2.35. The van der Waals surface area contributed by atoms with Crippen molar-refractivity contribution in [3.05, 3.63) is 29.8 Å². The van der Waals surface area contributed by atoms with Crippen LogP contribution in [0, 0.1) is 0 Å². The van der Waals surface area contributed by atoms with Crippen molar-refractivity contribution < 1.29 is 23.7 Å². The molecule has 1 heterocycles. The predicted molar refractivity (Wildman–Crippen MR) is 67.8 cm³/mol. The molecule has 0 aliphatic carbocycles. The molecule has 19 heavy (non-hydrogen) atoms. The molecule has 2 unspecified atom stereocenters. The summed E-state index contributed by atoms with van der Waals surface area (Å²) in [6.45, 7) is 2.21. The summed E-state index contributed by atoms with van der Waals surface area (Å²) in [6, 6.07) is 7.47. The molecule has 1 aromatic carbocycles. The Kier molecular flexibility index (Phi) is 4.07. The molecule has 2 atom stereocenters. The summed E-state index contributed by atoms with van der Waals surface area (Å²) >= 11 is 0. The van der Waals surface area contributed by atoms with Crippen LogP contribution in [-0.2, 0) is 24.8 Å². The first-order chi connectivity index (χ1) is 9.07. The number of hydrogen-bond acceptors (Lipinski definition) is 5. The Morgan fingerprint density at radius 2 is 2.05 bits per heavy atom. The zero-order chi connectivity index (χ0) is 13.9. The maximum Gasteiger partial charge on any atom is 0.308 e. The molecule has 0 bridgehead atoms. The van der Waals surface area contributed by atoms with Crippen LogP contribution in [0.4, 0.5) is 0 Å². The van der Waals surface area contributed by atoms with Crippen molar-refractivity contribution in [3.63, 3.8) is 0 Å². The number of carbonyl (C=O) groups excluding carboxylic acids is 1. The predicted octanol–water partition coefficient (Wildman–Crippen LogP) is 1.85. The van der Waals surface area contributed by atoms with E-state index in [1.165, 1.54) is 7.11 Å². The molecular weight excluding hydrogens is 248 g/mol. The zero-order valence-corrected chi connectivity index (χ0v) is 11.3. The smallest absolute Gasteiger partial charge is 0.308 e. The second kappa shape index (κ2) is 5.59. The monoisotopic (exact) mass is 266 g/mol. The summed E-state index contributed by atoms with van der Waals surface area (Å²) in [6.07, 6.45) is -0.0815. The van der Waals surface area contributed by atoms with Crippen LogP contribution in [0.15, 0.2) is 24.3 Å². The Balaban J connectivity index is 2.05. The zero-order valence-electron chi connectivity index (χ0n) is 11.3. The Morgan fingerprint density at radius 1 is 1.37 bits per heavy atom. The van der Waals surface area contributed by atoms with Gasteiger partial charge in [-0.05, 0) is 31.2 Å². The highest BCUT2D eigenvalue weighted by Gasteiger charge is 2.39. The molecular formula is C14H18O5. The maximum absolute atomic E-state index is 11.2. The molecule has 0 amide bonds. The topological polar surface area (TPSA) is 54.0 Å². The third kappa shape index (κ3) is 3.05. The fraction of sp³-hybridized carbons (Fsp3) is 0.500. The van der Waals surface area contributed by atoms with Crippen molar-refractivity contribution in [1.29, 1.82) is 0 Å². The van der Waals surface area contributed by atoms with Gasteiger partial charge >= 0.3 is 5.97 Å². The van der Waals surface area contributed by atoms with Crippen molar-refractivity contribution in [2.75, 3.05) is 20.8 Å². The minimum absolute atomic E-state index is 0.197. The molecule has 104 valence electrons. The lowest BCUT2D eigenvalue weighted by Crippen LogP contribution is -2.24. The van der Waals surface area contributed by atoms with E-state index >= 15 is 0 Å². The Labute approximate surface area is 112 Å². The molecule has 0 spiro atoms. The molecule has 0 radical (unpaired) electrons. The molecule has 1 aliphatic rings. The van der Waals surface area contributed by atoms with Crippen LogP contribution in [0.5, 0.6) is 5.75 Å². The van der Waals surface area contributed by atoms with Gasteiger partial charge in [0.05, 0.1) is 33.4 Å². The van der Waals surface area contributed by atoms with Crippen molar-refractivity contribution >= 4 is 5.97 Å². The van der Waals surface area contributed by atoms with E-state index in [0.29, 0.717) is 6.61 Å². The van der Waals surface area contributed by atoms with Gasteiger partial charge in [-0.15, -0.1) is 0 Å². The van der Waals surface area contributed by atoms with E-state index in [1.54, 1.807) is 7.11 Å². The number of methoxy groups -OCH3 is 2. The van der Waals surface area contributed by atoms with Crippen LogP contribution in [0.3, 0.4) is 0 Å². The molecule has 1 fully saturated rings. The minimum Gasteiger partial charge on any atom is -0.497 e. The van der Waals surface area contributed by atoms with Crippen molar-refractivity contribution in [1.82, 2.24) is 0 Å². The minimum atomic E-state index is -0.828. The van der Waals surface area contributed by atoms with Crippen LogP contribution in [-0.4, -0.2) is 32.9 Å². The first-order valence-corrected chi connectivity index (χ1v) is 6.10. The number of esters is 1. The quantitative estimate of drug-likeness (QED) is 0.778. The lowest BCUT2D eigenvalue weighted by atomic mass is 10.1. The first-order valence-electron chi connectivity index (χ1n) is 6.10. The van der Waals surface area contributed by atoms with E-state index in [9.17, 15) is 4.79 Å². The van der Waals surface area contributed by atoms with Gasteiger partial charge in [0.2, 0.25) is 0 Å². The number of hydrogen-bond donors (Lipinski definition) is 0. The first kappa shape index (κ1) is 13.8. The molecule has 2 rings (SSSR count). The largest absolute Gasteiger partial charge is 0.497 e. The van der Waals surface area contributed by atoms with Gasteiger partial charge in [0.1, 0.15) is 5.75 Å². The number of carbonyl (C=O) groups is 1. The van der Waals surface area contributed by atoms with E-state index in [4.69, 9.17) is 14.2 Å². The molecule has 5 heteroatoms. The standard InChI is InChI=1S/C14H18O5/c1-14(10-4-6-11(16-2)7-5-10)18-9-12(19-14)8-13(15)17-3/h4-7,12H,8-9H2,1-3H3. The molecule has 1 saturated heterocycles. The highest BCUT2D eigenvalue weighted by atomic mass is 16.7. The van der Waals surface area contributed by atoms with Gasteiger partial charge in [-0.3, -0.25) is 4.79 Å². The summed E-state index contributed by atoms with van der Waals surface area (Å²) in [5.74, 6) is -0.352. The van der Waals surface area contributed by atoms with Crippen LogP contribution < -0.4 is 4.74 Å². The third-order valence-corrected chi connectivity index (χ3v) is 3.17. The fourth-order valence-corrected chi connectivity index (χ4v) is 2.05. The Morgan fingerprint density at radius 3 is 2.63 bits per heavy atom. The maximum atomic E-state index is 11.2. The van der Waals surface area contributed by atoms with Crippen LogP contribution in [0.1, 0.15) is 18.9 Å². The SMILES string of the molecule is COC(=O)CC1COC(C)(c2ccc(OC)cc2)O1. The average molecular weight is 266 g/mol. The molecule has 0 aromatic heterocycles. The summed E-state index contributed by atoms with van der Waals surface area (Å²) in [5.41, 5.74) is 0.890. The molecule has 5 nitrogen and oxygen atoms in total. The third-order valence-electron chi connectivity index (χ3n) is 3.17. The van der Waals surface area contributed by atoms with Gasteiger partial charge in [-0.2, -0.15) is 0 Å². The number of benzene rings is 1. The van der Waals surface area contributed by atoms with Crippen LogP contribution in [0.25, 0.3) is 0 Å².